The number of pyridine rings is 1. The summed E-state index contributed by atoms with van der Waals surface area (Å²) in [5, 5.41) is 2.06. The van der Waals surface area contributed by atoms with E-state index in [0.29, 0.717) is 11.4 Å². The maximum Gasteiger partial charge on any atom is 0.258 e. The van der Waals surface area contributed by atoms with Crippen molar-refractivity contribution in [2.24, 2.45) is 0 Å². The molecule has 4 aromatic rings. The first-order chi connectivity index (χ1) is 11.8. The highest BCUT2D eigenvalue weighted by Crippen LogP contribution is 2.29. The van der Waals surface area contributed by atoms with E-state index in [2.05, 4.69) is 27.5 Å². The Balaban J connectivity index is 1.53. The van der Waals surface area contributed by atoms with Gasteiger partial charge in [0.05, 0.1) is 11.4 Å². The molecule has 118 valence electrons. The number of aromatic nitrogens is 3. The van der Waals surface area contributed by atoms with Crippen LogP contribution in [-0.4, -0.2) is 14.4 Å². The molecule has 6 heteroatoms. The largest absolute Gasteiger partial charge is 0.269 e. The first kappa shape index (κ1) is 15.1. The Bertz CT molecular complexity index is 1040. The maximum absolute atomic E-state index is 12.1. The molecular weight excluding hydrogens is 338 g/mol. The van der Waals surface area contributed by atoms with E-state index in [0.717, 1.165) is 21.3 Å². The Morgan fingerprint density at radius 1 is 1.04 bits per heavy atom. The molecule has 24 heavy (non-hydrogen) atoms. The van der Waals surface area contributed by atoms with Crippen molar-refractivity contribution in [3.05, 3.63) is 82.2 Å². The van der Waals surface area contributed by atoms with Gasteiger partial charge in [-0.05, 0) is 12.1 Å². The zero-order valence-corrected chi connectivity index (χ0v) is 14.3. The fourth-order valence-corrected chi connectivity index (χ4v) is 4.11. The smallest absolute Gasteiger partial charge is 0.258 e. The van der Waals surface area contributed by atoms with Crippen LogP contribution in [0.3, 0.4) is 0 Å². The van der Waals surface area contributed by atoms with Gasteiger partial charge in [0.15, 0.2) is 4.34 Å². The third-order valence-corrected chi connectivity index (χ3v) is 5.57. The van der Waals surface area contributed by atoms with Gasteiger partial charge in [-0.2, -0.15) is 0 Å². The first-order valence-electron chi connectivity index (χ1n) is 7.41. The van der Waals surface area contributed by atoms with Crippen molar-refractivity contribution in [2.45, 2.75) is 10.1 Å². The van der Waals surface area contributed by atoms with Crippen LogP contribution in [0.15, 0.2) is 75.3 Å². The summed E-state index contributed by atoms with van der Waals surface area (Å²) in [7, 11) is 0. The minimum atomic E-state index is -0.0553. The summed E-state index contributed by atoms with van der Waals surface area (Å²) in [6.07, 6.45) is 1.73. The SMILES string of the molecule is O=c1cc(CSc2nc(-c3ccccc3)cs2)nc2ccccn12. The summed E-state index contributed by atoms with van der Waals surface area (Å²) in [4.78, 5) is 21.3. The maximum atomic E-state index is 12.1. The molecule has 0 aliphatic rings. The predicted octanol–water partition coefficient (Wildman–Crippen LogP) is 4.11. The number of fused-ring (bicyclic) bond motifs is 1. The van der Waals surface area contributed by atoms with E-state index >= 15 is 0 Å². The molecule has 1 aromatic carbocycles. The number of rotatable bonds is 4. The van der Waals surface area contributed by atoms with Crippen LogP contribution in [0.1, 0.15) is 5.69 Å². The minimum Gasteiger partial charge on any atom is -0.269 e. The second-order valence-electron chi connectivity index (χ2n) is 5.17. The molecule has 0 amide bonds. The molecule has 0 radical (unpaired) electrons. The van der Waals surface area contributed by atoms with Crippen molar-refractivity contribution < 1.29 is 0 Å². The molecule has 3 aromatic heterocycles. The number of hydrogen-bond acceptors (Lipinski definition) is 5. The fourth-order valence-electron chi connectivity index (χ4n) is 2.38. The summed E-state index contributed by atoms with van der Waals surface area (Å²) in [6, 6.07) is 17.2. The van der Waals surface area contributed by atoms with Gasteiger partial charge in [0.1, 0.15) is 5.65 Å². The highest BCUT2D eigenvalue weighted by Gasteiger charge is 2.07. The van der Waals surface area contributed by atoms with Crippen LogP contribution in [0.25, 0.3) is 16.9 Å². The second kappa shape index (κ2) is 6.59. The monoisotopic (exact) mass is 351 g/mol. The Labute approximate surface area is 146 Å². The van der Waals surface area contributed by atoms with Crippen molar-refractivity contribution in [2.75, 3.05) is 0 Å². The topological polar surface area (TPSA) is 47.3 Å². The van der Waals surface area contributed by atoms with Crippen molar-refractivity contribution in [3.63, 3.8) is 0 Å². The molecule has 4 rings (SSSR count). The Morgan fingerprint density at radius 2 is 1.88 bits per heavy atom. The average molecular weight is 351 g/mol. The van der Waals surface area contributed by atoms with Crippen LogP contribution in [0, 0.1) is 0 Å². The lowest BCUT2D eigenvalue weighted by Gasteiger charge is -2.02. The van der Waals surface area contributed by atoms with Gasteiger partial charge >= 0.3 is 0 Å². The molecule has 0 unspecified atom stereocenters. The third kappa shape index (κ3) is 3.11. The van der Waals surface area contributed by atoms with E-state index < -0.39 is 0 Å². The summed E-state index contributed by atoms with van der Waals surface area (Å²) in [5.74, 6) is 0.627. The van der Waals surface area contributed by atoms with Gasteiger partial charge in [0.2, 0.25) is 0 Å². The van der Waals surface area contributed by atoms with Crippen molar-refractivity contribution in [1.29, 1.82) is 0 Å². The molecule has 0 aliphatic heterocycles. The van der Waals surface area contributed by atoms with Crippen LogP contribution in [-0.2, 0) is 5.75 Å². The Morgan fingerprint density at radius 3 is 2.75 bits per heavy atom. The number of thiazole rings is 1. The van der Waals surface area contributed by atoms with Crippen LogP contribution >= 0.6 is 23.1 Å². The quantitative estimate of drug-likeness (QED) is 0.519. The van der Waals surface area contributed by atoms with Gasteiger partial charge in [-0.1, -0.05) is 48.2 Å². The number of hydrogen-bond donors (Lipinski definition) is 0. The van der Waals surface area contributed by atoms with Crippen LogP contribution in [0.5, 0.6) is 0 Å². The number of benzene rings is 1. The normalized spacial score (nSPS) is 11.0. The average Bonchev–Trinajstić information content (AvgIpc) is 3.10. The van der Waals surface area contributed by atoms with Gasteiger partial charge in [0.25, 0.3) is 5.56 Å². The number of thioether (sulfide) groups is 1. The predicted molar refractivity (Wildman–Crippen MR) is 98.6 cm³/mol. The molecule has 0 atom stereocenters. The standard InChI is InChI=1S/C18H13N3OS2/c22-17-10-14(19-16-8-4-5-9-21(16)17)11-23-18-20-15(12-24-18)13-6-2-1-3-7-13/h1-10,12H,11H2. The summed E-state index contributed by atoms with van der Waals surface area (Å²) in [6.45, 7) is 0. The molecule has 0 saturated heterocycles. The fraction of sp³-hybridized carbons (Fsp3) is 0.0556. The molecule has 0 N–H and O–H groups in total. The van der Waals surface area contributed by atoms with Crippen LogP contribution < -0.4 is 5.56 Å². The lowest BCUT2D eigenvalue weighted by atomic mass is 10.2. The van der Waals surface area contributed by atoms with E-state index in [1.165, 1.54) is 0 Å². The highest BCUT2D eigenvalue weighted by molar-refractivity contribution is 8.00. The van der Waals surface area contributed by atoms with E-state index in [9.17, 15) is 4.79 Å². The zero-order valence-electron chi connectivity index (χ0n) is 12.6. The molecule has 4 nitrogen and oxygen atoms in total. The van der Waals surface area contributed by atoms with Gasteiger partial charge in [-0.25, -0.2) is 9.97 Å². The van der Waals surface area contributed by atoms with Crippen molar-refractivity contribution >= 4 is 28.7 Å². The molecule has 0 fully saturated rings. The van der Waals surface area contributed by atoms with Gasteiger partial charge < -0.3 is 0 Å². The highest BCUT2D eigenvalue weighted by atomic mass is 32.2. The summed E-state index contributed by atoms with van der Waals surface area (Å²) >= 11 is 3.22. The summed E-state index contributed by atoms with van der Waals surface area (Å²) in [5.41, 5.74) is 3.48. The van der Waals surface area contributed by atoms with E-state index in [1.807, 2.05) is 36.4 Å². The first-order valence-corrected chi connectivity index (χ1v) is 9.27. The zero-order chi connectivity index (χ0) is 16.4. The van der Waals surface area contributed by atoms with Crippen molar-refractivity contribution in [1.82, 2.24) is 14.4 Å². The Hall–Kier alpha value is -2.44. The lowest BCUT2D eigenvalue weighted by molar-refractivity contribution is 1.01. The van der Waals surface area contributed by atoms with Gasteiger partial charge in [0, 0.05) is 29.0 Å². The lowest BCUT2D eigenvalue weighted by Crippen LogP contribution is -2.14. The van der Waals surface area contributed by atoms with Crippen LogP contribution in [0.2, 0.25) is 0 Å². The van der Waals surface area contributed by atoms with E-state index in [4.69, 9.17) is 0 Å². The van der Waals surface area contributed by atoms with E-state index in [1.54, 1.807) is 39.8 Å². The van der Waals surface area contributed by atoms with E-state index in [-0.39, 0.29) is 5.56 Å². The summed E-state index contributed by atoms with van der Waals surface area (Å²) < 4.78 is 2.52. The molecule has 0 spiro atoms. The van der Waals surface area contributed by atoms with Crippen molar-refractivity contribution in [3.8, 4) is 11.3 Å². The Kier molecular flexibility index (Phi) is 4.15. The van der Waals surface area contributed by atoms with Crippen LogP contribution in [0.4, 0.5) is 0 Å². The minimum absolute atomic E-state index is 0.0553. The van der Waals surface area contributed by atoms with Gasteiger partial charge in [-0.3, -0.25) is 9.20 Å². The van der Waals surface area contributed by atoms with Gasteiger partial charge in [-0.15, -0.1) is 11.3 Å². The molecular formula is C18H13N3OS2. The number of nitrogens with zero attached hydrogens (tertiary/aromatic N) is 3. The molecule has 0 aliphatic carbocycles. The molecule has 0 saturated carbocycles. The molecule has 0 bridgehead atoms. The second-order valence-corrected chi connectivity index (χ2v) is 7.25. The molecule has 3 heterocycles. The third-order valence-electron chi connectivity index (χ3n) is 3.52.